The molecule has 1 heterocycles. The monoisotopic (exact) mass is 253 g/mol. The molecule has 0 aromatic heterocycles. The van der Waals surface area contributed by atoms with Gasteiger partial charge in [-0.05, 0) is 42.3 Å². The van der Waals surface area contributed by atoms with E-state index in [4.69, 9.17) is 4.74 Å². The molecule has 0 radical (unpaired) electrons. The van der Waals surface area contributed by atoms with Gasteiger partial charge in [0.05, 0.1) is 13.2 Å². The number of fused-ring (bicyclic) bond motifs is 1. The van der Waals surface area contributed by atoms with Crippen LogP contribution in [0.4, 0.5) is 0 Å². The lowest BCUT2D eigenvalue weighted by molar-refractivity contribution is 0.264. The number of methoxy groups -OCH3 is 1. The summed E-state index contributed by atoms with van der Waals surface area (Å²) >= 11 is 0. The summed E-state index contributed by atoms with van der Waals surface area (Å²) < 4.78 is 5.24. The summed E-state index contributed by atoms with van der Waals surface area (Å²) in [6, 6.07) is 17.5. The Morgan fingerprint density at radius 2 is 1.79 bits per heavy atom. The van der Waals surface area contributed by atoms with Crippen LogP contribution in [0.15, 0.2) is 48.5 Å². The van der Waals surface area contributed by atoms with Gasteiger partial charge in [-0.3, -0.25) is 4.90 Å². The van der Waals surface area contributed by atoms with Crippen molar-refractivity contribution in [2.45, 2.75) is 12.5 Å². The second-order valence-corrected chi connectivity index (χ2v) is 5.11. The highest BCUT2D eigenvalue weighted by molar-refractivity contribution is 5.41. The van der Waals surface area contributed by atoms with Crippen LogP contribution in [-0.2, 0) is 6.42 Å². The van der Waals surface area contributed by atoms with Gasteiger partial charge in [0.25, 0.3) is 0 Å². The topological polar surface area (TPSA) is 12.5 Å². The molecule has 0 aliphatic carbocycles. The Labute approximate surface area is 114 Å². The highest BCUT2D eigenvalue weighted by Crippen LogP contribution is 2.34. The number of hydrogen-bond donors (Lipinski definition) is 0. The lowest BCUT2D eigenvalue weighted by Crippen LogP contribution is -2.32. The molecule has 0 amide bonds. The fraction of sp³-hybridized carbons (Fsp3) is 0.294. The van der Waals surface area contributed by atoms with Gasteiger partial charge in [-0.25, -0.2) is 0 Å². The zero-order valence-electron chi connectivity index (χ0n) is 11.5. The summed E-state index contributed by atoms with van der Waals surface area (Å²) in [6.07, 6.45) is 1.14. The van der Waals surface area contributed by atoms with E-state index in [-0.39, 0.29) is 0 Å². The Hall–Kier alpha value is -1.80. The summed E-state index contributed by atoms with van der Waals surface area (Å²) in [5.74, 6) is 0.912. The van der Waals surface area contributed by atoms with Crippen LogP contribution in [0.25, 0.3) is 0 Å². The molecule has 1 atom stereocenters. The number of benzene rings is 2. The van der Waals surface area contributed by atoms with Crippen LogP contribution in [-0.4, -0.2) is 25.6 Å². The second-order valence-electron chi connectivity index (χ2n) is 5.11. The summed E-state index contributed by atoms with van der Waals surface area (Å²) in [5.41, 5.74) is 4.23. The molecule has 2 heteroatoms. The van der Waals surface area contributed by atoms with Crippen LogP contribution in [0.1, 0.15) is 22.7 Å². The van der Waals surface area contributed by atoms with E-state index in [0.29, 0.717) is 6.04 Å². The average molecular weight is 253 g/mol. The van der Waals surface area contributed by atoms with E-state index in [1.807, 2.05) is 12.1 Å². The van der Waals surface area contributed by atoms with Gasteiger partial charge in [0.15, 0.2) is 0 Å². The Morgan fingerprint density at radius 1 is 1.05 bits per heavy atom. The minimum absolute atomic E-state index is 0.357. The van der Waals surface area contributed by atoms with Gasteiger partial charge in [-0.2, -0.15) is 0 Å². The SMILES string of the molecule is COc1ccc(C2c3ccccc3CCN2C)cc1. The molecule has 0 fully saturated rings. The molecule has 98 valence electrons. The van der Waals surface area contributed by atoms with Crippen LogP contribution in [0, 0.1) is 0 Å². The highest BCUT2D eigenvalue weighted by atomic mass is 16.5. The first-order chi connectivity index (χ1) is 9.29. The Bertz CT molecular complexity index is 562. The van der Waals surface area contributed by atoms with Crippen LogP contribution < -0.4 is 4.74 Å². The van der Waals surface area contributed by atoms with Crippen molar-refractivity contribution in [2.75, 3.05) is 20.7 Å². The Balaban J connectivity index is 2.02. The number of rotatable bonds is 2. The summed E-state index contributed by atoms with van der Waals surface area (Å²) in [6.45, 7) is 1.10. The first-order valence-electron chi connectivity index (χ1n) is 6.71. The van der Waals surface area contributed by atoms with Crippen molar-refractivity contribution in [3.63, 3.8) is 0 Å². The standard InChI is InChI=1S/C17H19NO/c1-18-12-11-13-5-3-4-6-16(13)17(18)14-7-9-15(19-2)10-8-14/h3-10,17H,11-12H2,1-2H3. The first kappa shape index (κ1) is 12.2. The molecular formula is C17H19NO. The minimum atomic E-state index is 0.357. The van der Waals surface area contributed by atoms with Crippen LogP contribution in [0.2, 0.25) is 0 Å². The van der Waals surface area contributed by atoms with E-state index in [1.165, 1.54) is 16.7 Å². The van der Waals surface area contributed by atoms with E-state index in [0.717, 1.165) is 18.7 Å². The number of likely N-dealkylation sites (N-methyl/N-ethyl adjacent to an activating group) is 1. The van der Waals surface area contributed by atoms with Gasteiger partial charge in [-0.15, -0.1) is 0 Å². The number of ether oxygens (including phenoxy) is 1. The Morgan fingerprint density at radius 3 is 2.53 bits per heavy atom. The maximum atomic E-state index is 5.24. The molecule has 0 saturated heterocycles. The molecule has 0 saturated carbocycles. The largest absolute Gasteiger partial charge is 0.497 e. The molecule has 2 aromatic carbocycles. The van der Waals surface area contributed by atoms with E-state index in [1.54, 1.807) is 7.11 Å². The minimum Gasteiger partial charge on any atom is -0.497 e. The first-order valence-corrected chi connectivity index (χ1v) is 6.71. The van der Waals surface area contributed by atoms with E-state index in [2.05, 4.69) is 48.3 Å². The highest BCUT2D eigenvalue weighted by Gasteiger charge is 2.25. The molecule has 19 heavy (non-hydrogen) atoms. The van der Waals surface area contributed by atoms with Gasteiger partial charge < -0.3 is 4.74 Å². The van der Waals surface area contributed by atoms with Gasteiger partial charge in [0, 0.05) is 6.54 Å². The number of hydrogen-bond acceptors (Lipinski definition) is 2. The maximum absolute atomic E-state index is 5.24. The molecular weight excluding hydrogens is 234 g/mol. The number of nitrogens with zero attached hydrogens (tertiary/aromatic N) is 1. The molecule has 0 N–H and O–H groups in total. The molecule has 2 nitrogen and oxygen atoms in total. The molecule has 0 spiro atoms. The zero-order chi connectivity index (χ0) is 13.2. The van der Waals surface area contributed by atoms with Crippen molar-refractivity contribution in [1.29, 1.82) is 0 Å². The van der Waals surface area contributed by atoms with Crippen molar-refractivity contribution in [2.24, 2.45) is 0 Å². The molecule has 1 unspecified atom stereocenters. The summed E-state index contributed by atoms with van der Waals surface area (Å²) in [7, 11) is 3.90. The molecule has 3 rings (SSSR count). The maximum Gasteiger partial charge on any atom is 0.118 e. The lowest BCUT2D eigenvalue weighted by atomic mass is 9.88. The van der Waals surface area contributed by atoms with Crippen molar-refractivity contribution >= 4 is 0 Å². The van der Waals surface area contributed by atoms with Crippen LogP contribution >= 0.6 is 0 Å². The quantitative estimate of drug-likeness (QED) is 0.814. The third-order valence-corrected chi connectivity index (χ3v) is 3.96. The molecule has 2 aromatic rings. The molecule has 1 aliphatic heterocycles. The fourth-order valence-electron chi connectivity index (χ4n) is 2.91. The van der Waals surface area contributed by atoms with Gasteiger partial charge in [0.1, 0.15) is 5.75 Å². The molecule has 0 bridgehead atoms. The van der Waals surface area contributed by atoms with Crippen LogP contribution in [0.3, 0.4) is 0 Å². The van der Waals surface area contributed by atoms with Crippen molar-refractivity contribution in [3.05, 3.63) is 65.2 Å². The van der Waals surface area contributed by atoms with Gasteiger partial charge in [0.2, 0.25) is 0 Å². The molecule has 1 aliphatic rings. The van der Waals surface area contributed by atoms with Crippen molar-refractivity contribution in [1.82, 2.24) is 4.90 Å². The Kier molecular flexibility index (Phi) is 3.26. The summed E-state index contributed by atoms with van der Waals surface area (Å²) in [5, 5.41) is 0. The predicted molar refractivity (Wildman–Crippen MR) is 77.6 cm³/mol. The summed E-state index contributed by atoms with van der Waals surface area (Å²) in [4.78, 5) is 2.42. The van der Waals surface area contributed by atoms with E-state index in [9.17, 15) is 0 Å². The lowest BCUT2D eigenvalue weighted by Gasteiger charge is -2.35. The van der Waals surface area contributed by atoms with E-state index < -0.39 is 0 Å². The van der Waals surface area contributed by atoms with Crippen LogP contribution in [0.5, 0.6) is 5.75 Å². The van der Waals surface area contributed by atoms with Crippen molar-refractivity contribution < 1.29 is 4.74 Å². The van der Waals surface area contributed by atoms with E-state index >= 15 is 0 Å². The average Bonchev–Trinajstić information content (AvgIpc) is 2.47. The predicted octanol–water partition coefficient (Wildman–Crippen LogP) is 3.27. The third-order valence-electron chi connectivity index (χ3n) is 3.96. The normalized spacial score (nSPS) is 18.9. The van der Waals surface area contributed by atoms with Gasteiger partial charge in [-0.1, -0.05) is 36.4 Å². The third kappa shape index (κ3) is 2.24. The zero-order valence-corrected chi connectivity index (χ0v) is 11.5. The second kappa shape index (κ2) is 5.06. The van der Waals surface area contributed by atoms with Gasteiger partial charge >= 0.3 is 0 Å². The smallest absolute Gasteiger partial charge is 0.118 e. The fourth-order valence-corrected chi connectivity index (χ4v) is 2.91. The van der Waals surface area contributed by atoms with Crippen molar-refractivity contribution in [3.8, 4) is 5.75 Å².